The van der Waals surface area contributed by atoms with Crippen molar-refractivity contribution in [1.29, 1.82) is 0 Å². The number of amides is 1. The Kier molecular flexibility index (Phi) is 5.56. The molecule has 3 aromatic rings. The topological polar surface area (TPSA) is 104 Å². The second-order valence-corrected chi connectivity index (χ2v) is 8.04. The highest BCUT2D eigenvalue weighted by atomic mass is 32.2. The first kappa shape index (κ1) is 19.3. The molecule has 0 aliphatic carbocycles. The predicted molar refractivity (Wildman–Crippen MR) is 104 cm³/mol. The van der Waals surface area contributed by atoms with E-state index in [2.05, 4.69) is 0 Å². The Hall–Kier alpha value is -3.45. The average Bonchev–Trinajstić information content (AvgIpc) is 2.69. The lowest BCUT2D eigenvalue weighted by molar-refractivity contribution is 0.0733. The molecule has 7 heteroatoms. The highest BCUT2D eigenvalue weighted by molar-refractivity contribution is 7.90. The quantitative estimate of drug-likeness (QED) is 0.510. The van der Waals surface area contributed by atoms with Gasteiger partial charge >= 0.3 is 5.97 Å². The van der Waals surface area contributed by atoms with E-state index < -0.39 is 21.7 Å². The summed E-state index contributed by atoms with van der Waals surface area (Å²) >= 11 is 0. The molecule has 0 bridgehead atoms. The van der Waals surface area contributed by atoms with Crippen molar-refractivity contribution in [3.05, 3.63) is 95.6 Å². The summed E-state index contributed by atoms with van der Waals surface area (Å²) < 4.78 is 30.1. The highest BCUT2D eigenvalue weighted by Crippen LogP contribution is 2.18. The fourth-order valence-corrected chi connectivity index (χ4v) is 3.92. The fraction of sp³-hybridized carbons (Fsp3) is 0.0476. The smallest absolute Gasteiger partial charge is 0.343 e. The zero-order valence-electron chi connectivity index (χ0n) is 14.7. The maximum absolute atomic E-state index is 12.4. The molecule has 0 aliphatic rings. The van der Waals surface area contributed by atoms with Gasteiger partial charge in [0.05, 0.1) is 16.2 Å². The molecule has 0 saturated heterocycles. The number of rotatable bonds is 6. The van der Waals surface area contributed by atoms with Crippen LogP contribution in [0.4, 0.5) is 0 Å². The van der Waals surface area contributed by atoms with Gasteiger partial charge in [-0.15, -0.1) is 0 Å². The Bertz CT molecular complexity index is 1110. The number of nitrogens with two attached hydrogens (primary N) is 1. The van der Waals surface area contributed by atoms with Crippen LogP contribution in [0, 0.1) is 0 Å². The van der Waals surface area contributed by atoms with Crippen LogP contribution in [0.3, 0.4) is 0 Å². The van der Waals surface area contributed by atoms with Crippen LogP contribution in [-0.4, -0.2) is 20.3 Å². The fourth-order valence-electron chi connectivity index (χ4n) is 2.55. The molecule has 6 nitrogen and oxygen atoms in total. The third-order valence-electron chi connectivity index (χ3n) is 3.98. The summed E-state index contributed by atoms with van der Waals surface area (Å²) in [5, 5.41) is 0. The number of hydrogen-bond acceptors (Lipinski definition) is 5. The van der Waals surface area contributed by atoms with E-state index >= 15 is 0 Å². The normalized spacial score (nSPS) is 11.0. The van der Waals surface area contributed by atoms with Gasteiger partial charge in [-0.05, 0) is 48.0 Å². The van der Waals surface area contributed by atoms with Gasteiger partial charge in [0.15, 0.2) is 9.84 Å². The summed E-state index contributed by atoms with van der Waals surface area (Å²) in [4.78, 5) is 23.7. The second kappa shape index (κ2) is 8.06. The summed E-state index contributed by atoms with van der Waals surface area (Å²) in [5.41, 5.74) is 6.24. The van der Waals surface area contributed by atoms with Gasteiger partial charge in [0.25, 0.3) is 0 Å². The Balaban J connectivity index is 1.71. The van der Waals surface area contributed by atoms with Crippen LogP contribution in [0.15, 0.2) is 83.8 Å². The highest BCUT2D eigenvalue weighted by Gasteiger charge is 2.16. The second-order valence-electron chi connectivity index (χ2n) is 6.05. The lowest BCUT2D eigenvalue weighted by Gasteiger charge is -2.07. The van der Waals surface area contributed by atoms with Gasteiger partial charge in [-0.25, -0.2) is 13.2 Å². The minimum Gasteiger partial charge on any atom is -0.423 e. The molecule has 28 heavy (non-hydrogen) atoms. The van der Waals surface area contributed by atoms with Crippen LogP contribution >= 0.6 is 0 Å². The van der Waals surface area contributed by atoms with E-state index in [-0.39, 0.29) is 27.5 Å². The summed E-state index contributed by atoms with van der Waals surface area (Å²) in [6.07, 6.45) is 0. The van der Waals surface area contributed by atoms with Crippen LogP contribution in [0.25, 0.3) is 0 Å². The number of benzene rings is 3. The summed E-state index contributed by atoms with van der Waals surface area (Å²) in [7, 11) is -3.47. The Morgan fingerprint density at radius 3 is 2.14 bits per heavy atom. The van der Waals surface area contributed by atoms with Crippen LogP contribution in [-0.2, 0) is 15.6 Å². The zero-order valence-corrected chi connectivity index (χ0v) is 15.6. The largest absolute Gasteiger partial charge is 0.423 e. The molecule has 0 radical (unpaired) electrons. The number of hydrogen-bond donors (Lipinski definition) is 1. The van der Waals surface area contributed by atoms with E-state index in [0.717, 1.165) is 0 Å². The summed E-state index contributed by atoms with van der Waals surface area (Å²) in [6, 6.07) is 20.3. The van der Waals surface area contributed by atoms with Gasteiger partial charge in [0, 0.05) is 5.56 Å². The van der Waals surface area contributed by atoms with Crippen LogP contribution in [0.5, 0.6) is 5.75 Å². The molecule has 142 valence electrons. The molecule has 0 fully saturated rings. The first-order chi connectivity index (χ1) is 13.3. The van der Waals surface area contributed by atoms with Crippen LogP contribution in [0.1, 0.15) is 26.3 Å². The number of ether oxygens (including phenoxy) is 1. The number of carbonyl (C=O) groups is 2. The zero-order chi connectivity index (χ0) is 20.1. The Morgan fingerprint density at radius 1 is 0.821 bits per heavy atom. The van der Waals surface area contributed by atoms with E-state index in [4.69, 9.17) is 10.5 Å². The molecule has 0 saturated carbocycles. The van der Waals surface area contributed by atoms with E-state index in [1.54, 1.807) is 48.5 Å². The lowest BCUT2D eigenvalue weighted by atomic mass is 10.1. The molecular weight excluding hydrogens is 378 g/mol. The molecule has 3 aromatic carbocycles. The predicted octanol–water partition coefficient (Wildman–Crippen LogP) is 2.98. The molecule has 0 aromatic heterocycles. The Morgan fingerprint density at radius 2 is 1.50 bits per heavy atom. The molecule has 3 rings (SSSR count). The van der Waals surface area contributed by atoms with E-state index in [1.165, 1.54) is 30.3 Å². The Labute approximate surface area is 162 Å². The molecule has 0 spiro atoms. The van der Waals surface area contributed by atoms with Crippen molar-refractivity contribution in [1.82, 2.24) is 0 Å². The molecule has 1 amide bonds. The number of sulfone groups is 1. The van der Waals surface area contributed by atoms with Gasteiger partial charge in [0.2, 0.25) is 5.91 Å². The SMILES string of the molecule is NC(=O)c1cccc(OC(=O)c2ccc(CS(=O)(=O)c3ccccc3)cc2)c1. The monoisotopic (exact) mass is 395 g/mol. The van der Waals surface area contributed by atoms with Gasteiger partial charge in [-0.1, -0.05) is 36.4 Å². The lowest BCUT2D eigenvalue weighted by Crippen LogP contribution is -2.12. The van der Waals surface area contributed by atoms with Crippen molar-refractivity contribution >= 4 is 21.7 Å². The summed E-state index contributed by atoms with van der Waals surface area (Å²) in [5.74, 6) is -1.23. The van der Waals surface area contributed by atoms with Gasteiger partial charge in [-0.2, -0.15) is 0 Å². The van der Waals surface area contributed by atoms with Crippen molar-refractivity contribution in [2.75, 3.05) is 0 Å². The van der Waals surface area contributed by atoms with Crippen molar-refractivity contribution in [2.24, 2.45) is 5.73 Å². The van der Waals surface area contributed by atoms with Crippen LogP contribution in [0.2, 0.25) is 0 Å². The van der Waals surface area contributed by atoms with Gasteiger partial charge < -0.3 is 10.5 Å². The van der Waals surface area contributed by atoms with Gasteiger partial charge in [-0.3, -0.25) is 4.79 Å². The van der Waals surface area contributed by atoms with Crippen LogP contribution < -0.4 is 10.5 Å². The number of carbonyl (C=O) groups excluding carboxylic acids is 2. The minimum absolute atomic E-state index is 0.174. The first-order valence-corrected chi connectivity index (χ1v) is 9.99. The van der Waals surface area contributed by atoms with Gasteiger partial charge in [0.1, 0.15) is 5.75 Å². The van der Waals surface area contributed by atoms with Crippen molar-refractivity contribution in [3.8, 4) is 5.75 Å². The third-order valence-corrected chi connectivity index (χ3v) is 5.68. The van der Waals surface area contributed by atoms with Crippen molar-refractivity contribution < 1.29 is 22.7 Å². The maximum atomic E-state index is 12.4. The molecule has 0 aliphatic heterocycles. The molecule has 0 atom stereocenters. The third kappa shape index (κ3) is 4.63. The standard InChI is InChI=1S/C21H17NO5S/c22-20(23)17-5-4-6-18(13-17)27-21(24)16-11-9-15(10-12-16)14-28(25,26)19-7-2-1-3-8-19/h1-13H,14H2,(H2,22,23). The van der Waals surface area contributed by atoms with Crippen molar-refractivity contribution in [2.45, 2.75) is 10.6 Å². The van der Waals surface area contributed by atoms with E-state index in [9.17, 15) is 18.0 Å². The number of primary amides is 1. The summed E-state index contributed by atoms with van der Waals surface area (Å²) in [6.45, 7) is 0. The minimum atomic E-state index is -3.47. The molecule has 0 unspecified atom stereocenters. The van der Waals surface area contributed by atoms with E-state index in [1.807, 2.05) is 0 Å². The molecule has 0 heterocycles. The maximum Gasteiger partial charge on any atom is 0.343 e. The first-order valence-electron chi connectivity index (χ1n) is 8.34. The number of esters is 1. The molecular formula is C21H17NO5S. The molecule has 2 N–H and O–H groups in total. The van der Waals surface area contributed by atoms with E-state index in [0.29, 0.717) is 5.56 Å². The average molecular weight is 395 g/mol. The van der Waals surface area contributed by atoms with Crippen molar-refractivity contribution in [3.63, 3.8) is 0 Å².